The van der Waals surface area contributed by atoms with E-state index >= 15 is 0 Å². The normalized spacial score (nSPS) is 17.5. The Labute approximate surface area is 195 Å². The molecular formula is C20H25N5O6S2. The van der Waals surface area contributed by atoms with Crippen molar-refractivity contribution in [3.05, 3.63) is 40.4 Å². The number of carbonyl (C=O) groups excluding carboxylic acids is 2. The lowest BCUT2D eigenvalue weighted by molar-refractivity contribution is 0.0730. The topological polar surface area (TPSA) is 130 Å². The summed E-state index contributed by atoms with van der Waals surface area (Å²) in [6.07, 6.45) is 0. The molecule has 2 aromatic rings. The summed E-state index contributed by atoms with van der Waals surface area (Å²) in [5, 5.41) is 0.740. The van der Waals surface area contributed by atoms with Crippen LogP contribution >= 0.6 is 11.3 Å². The lowest BCUT2D eigenvalue weighted by Crippen LogP contribution is -2.41. The van der Waals surface area contributed by atoms with Crippen LogP contribution in [0.2, 0.25) is 0 Å². The molecule has 1 aromatic carbocycles. The number of thiazole rings is 1. The molecule has 2 N–H and O–H groups in total. The van der Waals surface area contributed by atoms with Gasteiger partial charge in [0.2, 0.25) is 10.0 Å². The molecule has 0 radical (unpaired) electrons. The molecule has 0 unspecified atom stereocenters. The maximum absolute atomic E-state index is 12.7. The highest BCUT2D eigenvalue weighted by atomic mass is 32.2. The molecule has 2 saturated heterocycles. The van der Waals surface area contributed by atoms with Gasteiger partial charge in [-0.1, -0.05) is 11.3 Å². The average molecular weight is 496 g/mol. The zero-order valence-corrected chi connectivity index (χ0v) is 19.7. The van der Waals surface area contributed by atoms with Gasteiger partial charge in [0.1, 0.15) is 4.88 Å². The highest BCUT2D eigenvalue weighted by Crippen LogP contribution is 2.26. The summed E-state index contributed by atoms with van der Waals surface area (Å²) in [4.78, 5) is 32.0. The van der Waals surface area contributed by atoms with E-state index in [1.807, 2.05) is 0 Å². The Hall–Kier alpha value is -2.58. The fourth-order valence-corrected chi connectivity index (χ4v) is 5.86. The highest BCUT2D eigenvalue weighted by molar-refractivity contribution is 7.89. The SMILES string of the molecule is Cc1nc(N2CCOCC2)sc1C(=O)NNC(=O)c1ccc(S(=O)(=O)N2CCOCC2)cc1. The van der Waals surface area contributed by atoms with Gasteiger partial charge in [0.25, 0.3) is 11.8 Å². The number of anilines is 1. The van der Waals surface area contributed by atoms with E-state index in [0.717, 1.165) is 5.13 Å². The summed E-state index contributed by atoms with van der Waals surface area (Å²) in [5.74, 6) is -1.03. The number of rotatable bonds is 5. The molecule has 0 saturated carbocycles. The number of sulfonamides is 1. The van der Waals surface area contributed by atoms with Crippen LogP contribution in [0, 0.1) is 6.92 Å². The molecule has 2 aliphatic heterocycles. The largest absolute Gasteiger partial charge is 0.379 e. The Bertz CT molecular complexity index is 1110. The molecule has 3 heterocycles. The van der Waals surface area contributed by atoms with Crippen molar-refractivity contribution in [1.29, 1.82) is 0 Å². The van der Waals surface area contributed by atoms with Gasteiger partial charge in [-0.15, -0.1) is 0 Å². The van der Waals surface area contributed by atoms with Crippen molar-refractivity contribution < 1.29 is 27.5 Å². The van der Waals surface area contributed by atoms with Crippen LogP contribution in [-0.2, 0) is 19.5 Å². The van der Waals surface area contributed by atoms with E-state index in [2.05, 4.69) is 20.7 Å². The summed E-state index contributed by atoms with van der Waals surface area (Å²) < 4.78 is 37.3. The van der Waals surface area contributed by atoms with E-state index in [1.54, 1.807) is 6.92 Å². The first-order chi connectivity index (χ1) is 15.9. The standard InChI is InChI=1S/C20H25N5O6S2/c1-14-17(32-20(21-14)24-6-10-30-11-7-24)19(27)23-22-18(26)15-2-4-16(5-3-15)33(28,29)25-8-12-31-13-9-25/h2-5H,6-13H2,1H3,(H,22,26)(H,23,27). The Balaban J connectivity index is 1.36. The Morgan fingerprint density at radius 1 is 0.939 bits per heavy atom. The number of aryl methyl sites for hydroxylation is 1. The monoisotopic (exact) mass is 495 g/mol. The molecule has 13 heteroatoms. The van der Waals surface area contributed by atoms with E-state index in [1.165, 1.54) is 39.9 Å². The summed E-state index contributed by atoms with van der Waals surface area (Å²) >= 11 is 1.26. The van der Waals surface area contributed by atoms with E-state index in [9.17, 15) is 18.0 Å². The molecule has 2 fully saturated rings. The second-order valence-corrected chi connectivity index (χ2v) is 10.4. The summed E-state index contributed by atoms with van der Waals surface area (Å²) in [7, 11) is -3.64. The molecule has 0 spiro atoms. The van der Waals surface area contributed by atoms with Gasteiger partial charge in [-0.3, -0.25) is 20.4 Å². The summed E-state index contributed by atoms with van der Waals surface area (Å²) in [5.41, 5.74) is 5.55. The van der Waals surface area contributed by atoms with Crippen molar-refractivity contribution in [1.82, 2.24) is 20.1 Å². The fourth-order valence-electron chi connectivity index (χ4n) is 3.44. The van der Waals surface area contributed by atoms with Gasteiger partial charge in [0.15, 0.2) is 5.13 Å². The molecule has 178 valence electrons. The van der Waals surface area contributed by atoms with Gasteiger partial charge in [-0.25, -0.2) is 13.4 Å². The highest BCUT2D eigenvalue weighted by Gasteiger charge is 2.26. The molecule has 11 nitrogen and oxygen atoms in total. The molecule has 0 atom stereocenters. The number of carbonyl (C=O) groups is 2. The van der Waals surface area contributed by atoms with Gasteiger partial charge in [-0.05, 0) is 31.2 Å². The third-order valence-corrected chi connectivity index (χ3v) is 8.42. The maximum atomic E-state index is 12.7. The Kier molecular flexibility index (Phi) is 7.24. The minimum absolute atomic E-state index is 0.0981. The van der Waals surface area contributed by atoms with Gasteiger partial charge < -0.3 is 14.4 Å². The van der Waals surface area contributed by atoms with E-state index < -0.39 is 21.8 Å². The number of hydrogen-bond acceptors (Lipinski definition) is 9. The zero-order chi connectivity index (χ0) is 23.4. The number of nitrogens with one attached hydrogen (secondary N) is 2. The van der Waals surface area contributed by atoms with Gasteiger partial charge in [0.05, 0.1) is 37.0 Å². The number of amides is 2. The molecule has 4 rings (SSSR count). The number of ether oxygens (including phenoxy) is 2. The van der Waals surface area contributed by atoms with Gasteiger partial charge >= 0.3 is 0 Å². The molecule has 1 aromatic heterocycles. The second kappa shape index (κ2) is 10.1. The fraction of sp³-hybridized carbons (Fsp3) is 0.450. The number of hydrogen-bond donors (Lipinski definition) is 2. The first kappa shape index (κ1) is 23.6. The molecule has 0 bridgehead atoms. The molecule has 33 heavy (non-hydrogen) atoms. The van der Waals surface area contributed by atoms with Crippen molar-refractivity contribution in [3.63, 3.8) is 0 Å². The van der Waals surface area contributed by atoms with Crippen molar-refractivity contribution in [2.75, 3.05) is 57.5 Å². The Morgan fingerprint density at radius 2 is 1.52 bits per heavy atom. The van der Waals surface area contributed by atoms with Crippen LogP contribution in [0.1, 0.15) is 25.7 Å². The van der Waals surface area contributed by atoms with Crippen LogP contribution in [0.15, 0.2) is 29.2 Å². The predicted octanol–water partition coefficient (Wildman–Crippen LogP) is 0.384. The summed E-state index contributed by atoms with van der Waals surface area (Å²) in [6, 6.07) is 5.57. The number of nitrogens with zero attached hydrogens (tertiary/aromatic N) is 3. The quantitative estimate of drug-likeness (QED) is 0.570. The van der Waals surface area contributed by atoms with Gasteiger partial charge in [-0.2, -0.15) is 4.31 Å². The van der Waals surface area contributed by atoms with Crippen molar-refractivity contribution in [2.24, 2.45) is 0 Å². The van der Waals surface area contributed by atoms with E-state index in [4.69, 9.17) is 9.47 Å². The molecule has 2 amide bonds. The zero-order valence-electron chi connectivity index (χ0n) is 18.1. The third kappa shape index (κ3) is 5.33. The lowest BCUT2D eigenvalue weighted by Gasteiger charge is -2.26. The minimum atomic E-state index is -3.64. The average Bonchev–Trinajstić information content (AvgIpc) is 3.25. The van der Waals surface area contributed by atoms with Crippen LogP contribution < -0.4 is 15.8 Å². The molecule has 2 aliphatic rings. The molecular weight excluding hydrogens is 470 g/mol. The summed E-state index contributed by atoms with van der Waals surface area (Å²) in [6.45, 7) is 5.68. The Morgan fingerprint density at radius 3 is 2.15 bits per heavy atom. The second-order valence-electron chi connectivity index (χ2n) is 7.46. The van der Waals surface area contributed by atoms with Crippen LogP contribution in [0.3, 0.4) is 0 Å². The number of aromatic nitrogens is 1. The third-order valence-electron chi connectivity index (χ3n) is 5.29. The van der Waals surface area contributed by atoms with Crippen LogP contribution in [-0.4, -0.2) is 82.1 Å². The van der Waals surface area contributed by atoms with E-state index in [0.29, 0.717) is 63.2 Å². The van der Waals surface area contributed by atoms with Crippen molar-refractivity contribution in [2.45, 2.75) is 11.8 Å². The first-order valence-corrected chi connectivity index (χ1v) is 12.7. The predicted molar refractivity (Wildman–Crippen MR) is 121 cm³/mol. The van der Waals surface area contributed by atoms with Crippen molar-refractivity contribution >= 4 is 38.3 Å². The van der Waals surface area contributed by atoms with Crippen LogP contribution in [0.4, 0.5) is 5.13 Å². The number of hydrazine groups is 1. The number of benzene rings is 1. The van der Waals surface area contributed by atoms with Gasteiger partial charge in [0, 0.05) is 31.7 Å². The lowest BCUT2D eigenvalue weighted by atomic mass is 10.2. The van der Waals surface area contributed by atoms with Crippen LogP contribution in [0.25, 0.3) is 0 Å². The first-order valence-electron chi connectivity index (χ1n) is 10.4. The van der Waals surface area contributed by atoms with E-state index in [-0.39, 0.29) is 10.5 Å². The minimum Gasteiger partial charge on any atom is -0.379 e. The maximum Gasteiger partial charge on any atom is 0.281 e. The smallest absolute Gasteiger partial charge is 0.281 e. The number of morpholine rings is 2. The molecule has 0 aliphatic carbocycles. The van der Waals surface area contributed by atoms with Crippen LogP contribution in [0.5, 0.6) is 0 Å². The van der Waals surface area contributed by atoms with Crippen molar-refractivity contribution in [3.8, 4) is 0 Å².